The van der Waals surface area contributed by atoms with Gasteiger partial charge in [0.1, 0.15) is 17.8 Å². The molecule has 1 unspecified atom stereocenters. The maximum Gasteiger partial charge on any atom is 0.272 e. The summed E-state index contributed by atoms with van der Waals surface area (Å²) in [6, 6.07) is 1.79. The molecule has 0 bridgehead atoms. The SMILES string of the molecule is CN(C(=O)c1cc(NC2CCCC2)ncn1)C1CCS(=O)(=O)C1. The van der Waals surface area contributed by atoms with Crippen molar-refractivity contribution in [3.05, 3.63) is 18.1 Å². The van der Waals surface area contributed by atoms with E-state index in [9.17, 15) is 13.2 Å². The number of nitrogens with one attached hydrogen (secondary N) is 1. The molecule has 1 aromatic heterocycles. The number of nitrogens with zero attached hydrogens (tertiary/aromatic N) is 3. The molecule has 2 aliphatic rings. The van der Waals surface area contributed by atoms with Crippen molar-refractivity contribution in [1.82, 2.24) is 14.9 Å². The maximum atomic E-state index is 12.5. The van der Waals surface area contributed by atoms with Crippen molar-refractivity contribution < 1.29 is 13.2 Å². The lowest BCUT2D eigenvalue weighted by Crippen LogP contribution is -2.38. The average Bonchev–Trinajstić information content (AvgIpc) is 3.15. The standard InChI is InChI=1S/C15H22N4O3S/c1-19(12-6-7-23(21,22)9-12)15(20)13-8-14(17-10-16-13)18-11-4-2-3-5-11/h8,10-12H,2-7,9H2,1H3,(H,16,17,18). The summed E-state index contributed by atoms with van der Waals surface area (Å²) >= 11 is 0. The highest BCUT2D eigenvalue weighted by molar-refractivity contribution is 7.91. The molecule has 1 atom stereocenters. The Balaban J connectivity index is 1.69. The Kier molecular flexibility index (Phi) is 4.52. The number of sulfone groups is 1. The fourth-order valence-electron chi connectivity index (χ4n) is 3.26. The molecule has 126 valence electrons. The van der Waals surface area contributed by atoms with Crippen LogP contribution in [0.1, 0.15) is 42.6 Å². The second kappa shape index (κ2) is 6.43. The summed E-state index contributed by atoms with van der Waals surface area (Å²) in [5.74, 6) is 0.577. The highest BCUT2D eigenvalue weighted by Crippen LogP contribution is 2.22. The summed E-state index contributed by atoms with van der Waals surface area (Å²) < 4.78 is 23.2. The van der Waals surface area contributed by atoms with Gasteiger partial charge in [-0.05, 0) is 19.3 Å². The third-order valence-corrected chi connectivity index (χ3v) is 6.42. The Labute approximate surface area is 136 Å². The smallest absolute Gasteiger partial charge is 0.272 e. The zero-order valence-corrected chi connectivity index (χ0v) is 14.1. The van der Waals surface area contributed by atoms with Crippen molar-refractivity contribution >= 4 is 21.6 Å². The fourth-order valence-corrected chi connectivity index (χ4v) is 5.03. The van der Waals surface area contributed by atoms with Crippen molar-refractivity contribution in [2.45, 2.75) is 44.2 Å². The van der Waals surface area contributed by atoms with Crippen LogP contribution in [0.5, 0.6) is 0 Å². The van der Waals surface area contributed by atoms with Gasteiger partial charge in [0.25, 0.3) is 5.91 Å². The Bertz CT molecular complexity index is 686. The van der Waals surface area contributed by atoms with E-state index in [1.807, 2.05) is 0 Å². The van der Waals surface area contributed by atoms with Crippen LogP contribution in [0, 0.1) is 0 Å². The number of carbonyl (C=O) groups excluding carboxylic acids is 1. The van der Waals surface area contributed by atoms with Crippen LogP contribution in [0.3, 0.4) is 0 Å². The lowest BCUT2D eigenvalue weighted by atomic mass is 10.2. The lowest BCUT2D eigenvalue weighted by molar-refractivity contribution is 0.0741. The minimum absolute atomic E-state index is 0.0352. The summed E-state index contributed by atoms with van der Waals surface area (Å²) in [6.45, 7) is 0. The third kappa shape index (κ3) is 3.80. The van der Waals surface area contributed by atoms with Gasteiger partial charge in [0.15, 0.2) is 9.84 Å². The van der Waals surface area contributed by atoms with Gasteiger partial charge in [0.05, 0.1) is 11.5 Å². The fraction of sp³-hybridized carbons (Fsp3) is 0.667. The minimum atomic E-state index is -3.02. The number of aromatic nitrogens is 2. The largest absolute Gasteiger partial charge is 0.367 e. The lowest BCUT2D eigenvalue weighted by Gasteiger charge is -2.23. The van der Waals surface area contributed by atoms with E-state index in [2.05, 4.69) is 15.3 Å². The van der Waals surface area contributed by atoms with E-state index in [1.165, 1.54) is 24.1 Å². The van der Waals surface area contributed by atoms with Gasteiger partial charge in [0, 0.05) is 25.2 Å². The molecule has 1 amide bonds. The summed E-state index contributed by atoms with van der Waals surface area (Å²) in [5, 5.41) is 3.34. The molecule has 2 heterocycles. The zero-order chi connectivity index (χ0) is 16.4. The topological polar surface area (TPSA) is 92.3 Å². The van der Waals surface area contributed by atoms with Crippen LogP contribution in [-0.2, 0) is 9.84 Å². The van der Waals surface area contributed by atoms with Crippen LogP contribution >= 0.6 is 0 Å². The molecular weight excluding hydrogens is 316 g/mol. The van der Waals surface area contributed by atoms with Gasteiger partial charge in [-0.2, -0.15) is 0 Å². The van der Waals surface area contributed by atoms with Crippen molar-refractivity contribution in [3.63, 3.8) is 0 Å². The average molecular weight is 338 g/mol. The van der Waals surface area contributed by atoms with Crippen molar-refractivity contribution in [1.29, 1.82) is 0 Å². The number of hydrogen-bond donors (Lipinski definition) is 1. The van der Waals surface area contributed by atoms with Crippen LogP contribution < -0.4 is 5.32 Å². The van der Waals surface area contributed by atoms with E-state index in [0.29, 0.717) is 24.0 Å². The Morgan fingerprint density at radius 2 is 2.00 bits per heavy atom. The first-order valence-corrected chi connectivity index (χ1v) is 9.83. The van der Waals surface area contributed by atoms with E-state index >= 15 is 0 Å². The molecule has 0 aromatic carbocycles. The van der Waals surface area contributed by atoms with Gasteiger partial charge < -0.3 is 10.2 Å². The molecule has 23 heavy (non-hydrogen) atoms. The van der Waals surface area contributed by atoms with Crippen LogP contribution in [0.4, 0.5) is 5.82 Å². The van der Waals surface area contributed by atoms with Crippen molar-refractivity contribution in [2.24, 2.45) is 0 Å². The van der Waals surface area contributed by atoms with Crippen molar-refractivity contribution in [3.8, 4) is 0 Å². The highest BCUT2D eigenvalue weighted by Gasteiger charge is 2.33. The Hall–Kier alpha value is -1.70. The van der Waals surface area contributed by atoms with Gasteiger partial charge in [0.2, 0.25) is 0 Å². The zero-order valence-electron chi connectivity index (χ0n) is 13.2. The van der Waals surface area contributed by atoms with E-state index < -0.39 is 9.84 Å². The third-order valence-electron chi connectivity index (χ3n) is 4.67. The predicted molar refractivity (Wildman–Crippen MR) is 87.1 cm³/mol. The van der Waals surface area contributed by atoms with Crippen LogP contribution in [-0.4, -0.2) is 59.8 Å². The number of anilines is 1. The van der Waals surface area contributed by atoms with Gasteiger partial charge in [-0.3, -0.25) is 4.79 Å². The summed E-state index contributed by atoms with van der Waals surface area (Å²) in [7, 11) is -1.38. The van der Waals surface area contributed by atoms with Gasteiger partial charge in [-0.1, -0.05) is 12.8 Å². The first kappa shape index (κ1) is 16.2. The summed E-state index contributed by atoms with van der Waals surface area (Å²) in [4.78, 5) is 22.3. The Morgan fingerprint density at radius 3 is 2.65 bits per heavy atom. The highest BCUT2D eigenvalue weighted by atomic mass is 32.2. The number of amides is 1. The monoisotopic (exact) mass is 338 g/mol. The Morgan fingerprint density at radius 1 is 1.26 bits per heavy atom. The predicted octanol–water partition coefficient (Wildman–Crippen LogP) is 1.09. The molecule has 1 saturated heterocycles. The number of carbonyl (C=O) groups is 1. The normalized spacial score (nSPS) is 23.8. The molecule has 1 aliphatic carbocycles. The van der Waals surface area contributed by atoms with E-state index in [4.69, 9.17) is 0 Å². The molecule has 1 N–H and O–H groups in total. The molecule has 1 aromatic rings. The molecule has 1 aliphatic heterocycles. The van der Waals surface area contributed by atoms with E-state index in [1.54, 1.807) is 13.1 Å². The maximum absolute atomic E-state index is 12.5. The molecule has 7 nitrogen and oxygen atoms in total. The second-order valence-electron chi connectivity index (χ2n) is 6.39. The second-order valence-corrected chi connectivity index (χ2v) is 8.62. The van der Waals surface area contributed by atoms with E-state index in [0.717, 1.165) is 12.8 Å². The molecule has 0 spiro atoms. The summed E-state index contributed by atoms with van der Waals surface area (Å²) in [5.41, 5.74) is 0.298. The summed E-state index contributed by atoms with van der Waals surface area (Å²) in [6.07, 6.45) is 6.54. The van der Waals surface area contributed by atoms with Crippen molar-refractivity contribution in [2.75, 3.05) is 23.9 Å². The quantitative estimate of drug-likeness (QED) is 0.883. The molecule has 8 heteroatoms. The molecule has 3 rings (SSSR count). The van der Waals surface area contributed by atoms with Crippen LogP contribution in [0.2, 0.25) is 0 Å². The number of hydrogen-bond acceptors (Lipinski definition) is 6. The first-order chi connectivity index (χ1) is 10.9. The van der Waals surface area contributed by atoms with Gasteiger partial charge in [-0.25, -0.2) is 18.4 Å². The van der Waals surface area contributed by atoms with Crippen LogP contribution in [0.25, 0.3) is 0 Å². The first-order valence-electron chi connectivity index (χ1n) is 8.01. The van der Waals surface area contributed by atoms with Gasteiger partial charge >= 0.3 is 0 Å². The molecular formula is C15H22N4O3S. The number of rotatable bonds is 4. The van der Waals surface area contributed by atoms with Crippen LogP contribution in [0.15, 0.2) is 12.4 Å². The molecule has 1 saturated carbocycles. The van der Waals surface area contributed by atoms with Gasteiger partial charge in [-0.15, -0.1) is 0 Å². The van der Waals surface area contributed by atoms with E-state index in [-0.39, 0.29) is 23.5 Å². The molecule has 2 fully saturated rings. The minimum Gasteiger partial charge on any atom is -0.367 e. The molecule has 0 radical (unpaired) electrons.